The molecular weight excluding hydrogens is 332 g/mol. The highest BCUT2D eigenvalue weighted by Gasteiger charge is 2.39. The summed E-state index contributed by atoms with van der Waals surface area (Å²) in [6.07, 6.45) is 2.01. The van der Waals surface area contributed by atoms with Crippen LogP contribution in [0.1, 0.15) is 24.8 Å². The molecule has 4 rings (SSSR count). The molecule has 6 heteroatoms. The lowest BCUT2D eigenvalue weighted by Gasteiger charge is -2.35. The molecule has 0 N–H and O–H groups in total. The van der Waals surface area contributed by atoms with Crippen molar-refractivity contribution in [3.8, 4) is 0 Å². The fourth-order valence-electron chi connectivity index (χ4n) is 4.15. The Morgan fingerprint density at radius 3 is 2.38 bits per heavy atom. The van der Waals surface area contributed by atoms with Gasteiger partial charge in [-0.15, -0.1) is 0 Å². The van der Waals surface area contributed by atoms with Crippen LogP contribution in [0.4, 0.5) is 5.69 Å². The van der Waals surface area contributed by atoms with Crippen molar-refractivity contribution < 1.29 is 19.1 Å². The second-order valence-electron chi connectivity index (χ2n) is 7.51. The minimum atomic E-state index is -0.237. The van der Waals surface area contributed by atoms with Gasteiger partial charge in [-0.05, 0) is 31.9 Å². The number of amides is 2. The highest BCUT2D eigenvalue weighted by molar-refractivity contribution is 6.00. The number of carbonyl (C=O) groups excluding carboxylic acids is 2. The predicted octanol–water partition coefficient (Wildman–Crippen LogP) is 1.96. The number of carbonyl (C=O) groups is 2. The van der Waals surface area contributed by atoms with Gasteiger partial charge in [-0.25, -0.2) is 0 Å². The average Bonchev–Trinajstić information content (AvgIpc) is 3.32. The summed E-state index contributed by atoms with van der Waals surface area (Å²) in [6, 6.07) is 7.89. The van der Waals surface area contributed by atoms with Crippen molar-refractivity contribution in [3.05, 3.63) is 29.8 Å². The first-order valence-corrected chi connectivity index (χ1v) is 9.51. The van der Waals surface area contributed by atoms with Crippen molar-refractivity contribution in [1.82, 2.24) is 4.90 Å². The molecule has 3 fully saturated rings. The summed E-state index contributed by atoms with van der Waals surface area (Å²) in [5.74, 6) is 0.282. The van der Waals surface area contributed by atoms with Crippen LogP contribution in [-0.4, -0.2) is 55.9 Å². The smallest absolute Gasteiger partial charge is 0.228 e. The zero-order valence-corrected chi connectivity index (χ0v) is 15.2. The molecule has 3 heterocycles. The third-order valence-electron chi connectivity index (χ3n) is 5.70. The molecule has 3 aliphatic heterocycles. The Bertz CT molecular complexity index is 661. The normalized spacial score (nSPS) is 25.3. The molecule has 0 bridgehead atoms. The molecule has 6 nitrogen and oxygen atoms in total. The number of piperidine rings is 1. The number of likely N-dealkylation sites (tertiary alicyclic amines) is 1. The lowest BCUT2D eigenvalue weighted by molar-refractivity contribution is -0.140. The molecule has 0 radical (unpaired) electrons. The van der Waals surface area contributed by atoms with Gasteiger partial charge in [-0.3, -0.25) is 9.59 Å². The van der Waals surface area contributed by atoms with Crippen LogP contribution in [0.5, 0.6) is 0 Å². The maximum atomic E-state index is 12.9. The van der Waals surface area contributed by atoms with E-state index in [-0.39, 0.29) is 24.0 Å². The number of hydrogen-bond acceptors (Lipinski definition) is 4. The SMILES string of the molecule is Cc1ccc(N2CC(C(=O)N3CCC(C4OCCO4)CC3)CC2=O)cc1. The predicted molar refractivity (Wildman–Crippen MR) is 96.6 cm³/mol. The van der Waals surface area contributed by atoms with E-state index in [1.54, 1.807) is 4.90 Å². The summed E-state index contributed by atoms with van der Waals surface area (Å²) in [5.41, 5.74) is 2.04. The highest BCUT2D eigenvalue weighted by Crippen LogP contribution is 2.30. The molecule has 1 atom stereocenters. The lowest BCUT2D eigenvalue weighted by atomic mass is 9.95. The van der Waals surface area contributed by atoms with E-state index in [0.717, 1.165) is 37.2 Å². The van der Waals surface area contributed by atoms with Crippen molar-refractivity contribution in [2.75, 3.05) is 37.7 Å². The summed E-state index contributed by atoms with van der Waals surface area (Å²) in [7, 11) is 0. The Hall–Kier alpha value is -1.92. The Labute approximate surface area is 154 Å². The molecule has 3 saturated heterocycles. The van der Waals surface area contributed by atoms with Crippen LogP contribution in [-0.2, 0) is 19.1 Å². The average molecular weight is 358 g/mol. The molecule has 0 aliphatic carbocycles. The van der Waals surface area contributed by atoms with Crippen molar-refractivity contribution in [2.24, 2.45) is 11.8 Å². The van der Waals surface area contributed by atoms with E-state index in [2.05, 4.69) is 0 Å². The molecule has 140 valence electrons. The molecule has 0 spiro atoms. The standard InChI is InChI=1S/C20H26N2O4/c1-14-2-4-17(5-3-14)22-13-16(12-18(22)23)19(24)21-8-6-15(7-9-21)20-25-10-11-26-20/h2-5,15-16,20H,6-13H2,1H3. The van der Waals surface area contributed by atoms with E-state index in [4.69, 9.17) is 9.47 Å². The quantitative estimate of drug-likeness (QED) is 0.829. The second-order valence-corrected chi connectivity index (χ2v) is 7.51. The maximum Gasteiger partial charge on any atom is 0.228 e. The van der Waals surface area contributed by atoms with Crippen LogP contribution >= 0.6 is 0 Å². The number of ether oxygens (including phenoxy) is 2. The molecule has 26 heavy (non-hydrogen) atoms. The minimum Gasteiger partial charge on any atom is -0.350 e. The number of benzene rings is 1. The van der Waals surface area contributed by atoms with Gasteiger partial charge in [0.2, 0.25) is 11.8 Å². The summed E-state index contributed by atoms with van der Waals surface area (Å²) in [6.45, 7) is 5.29. The van der Waals surface area contributed by atoms with Crippen LogP contribution in [0.3, 0.4) is 0 Å². The van der Waals surface area contributed by atoms with Crippen LogP contribution in [0.2, 0.25) is 0 Å². The first kappa shape index (κ1) is 17.5. The van der Waals surface area contributed by atoms with E-state index < -0.39 is 0 Å². The first-order valence-electron chi connectivity index (χ1n) is 9.51. The molecule has 3 aliphatic rings. The Balaban J connectivity index is 1.34. The van der Waals surface area contributed by atoms with Gasteiger partial charge in [-0.2, -0.15) is 0 Å². The lowest BCUT2D eigenvalue weighted by Crippen LogP contribution is -2.44. The number of anilines is 1. The van der Waals surface area contributed by atoms with Gasteiger partial charge in [0.05, 0.1) is 19.1 Å². The molecule has 0 saturated carbocycles. The van der Waals surface area contributed by atoms with Crippen molar-refractivity contribution in [2.45, 2.75) is 32.5 Å². The summed E-state index contributed by atoms with van der Waals surface area (Å²) in [4.78, 5) is 29.0. The highest BCUT2D eigenvalue weighted by atomic mass is 16.7. The van der Waals surface area contributed by atoms with E-state index in [1.165, 1.54) is 0 Å². The summed E-state index contributed by atoms with van der Waals surface area (Å²) >= 11 is 0. The Morgan fingerprint density at radius 1 is 1.08 bits per heavy atom. The minimum absolute atomic E-state index is 0.0369. The largest absolute Gasteiger partial charge is 0.350 e. The fraction of sp³-hybridized carbons (Fsp3) is 0.600. The first-order chi connectivity index (χ1) is 12.6. The summed E-state index contributed by atoms with van der Waals surface area (Å²) < 4.78 is 11.2. The molecule has 1 aromatic carbocycles. The van der Waals surface area contributed by atoms with Gasteiger partial charge >= 0.3 is 0 Å². The Kier molecular flexibility index (Phi) is 4.96. The van der Waals surface area contributed by atoms with Gasteiger partial charge in [0.15, 0.2) is 6.29 Å². The number of aryl methyl sites for hydroxylation is 1. The van der Waals surface area contributed by atoms with E-state index in [9.17, 15) is 9.59 Å². The van der Waals surface area contributed by atoms with Gasteiger partial charge in [0.25, 0.3) is 0 Å². The second kappa shape index (κ2) is 7.37. The number of rotatable bonds is 3. The molecule has 1 unspecified atom stereocenters. The van der Waals surface area contributed by atoms with E-state index in [0.29, 0.717) is 32.1 Å². The van der Waals surface area contributed by atoms with Crippen LogP contribution in [0.25, 0.3) is 0 Å². The number of nitrogens with zero attached hydrogens (tertiary/aromatic N) is 2. The zero-order valence-electron chi connectivity index (χ0n) is 15.2. The molecule has 0 aromatic heterocycles. The zero-order chi connectivity index (χ0) is 18.1. The number of hydrogen-bond donors (Lipinski definition) is 0. The van der Waals surface area contributed by atoms with Crippen molar-refractivity contribution in [1.29, 1.82) is 0 Å². The van der Waals surface area contributed by atoms with Gasteiger partial charge in [0.1, 0.15) is 0 Å². The monoisotopic (exact) mass is 358 g/mol. The van der Waals surface area contributed by atoms with E-state index >= 15 is 0 Å². The van der Waals surface area contributed by atoms with Crippen LogP contribution in [0.15, 0.2) is 24.3 Å². The van der Waals surface area contributed by atoms with E-state index in [1.807, 2.05) is 36.1 Å². The topological polar surface area (TPSA) is 59.1 Å². The third kappa shape index (κ3) is 3.48. The van der Waals surface area contributed by atoms with Gasteiger partial charge in [-0.1, -0.05) is 17.7 Å². The summed E-state index contributed by atoms with van der Waals surface area (Å²) in [5, 5.41) is 0. The molecule has 1 aromatic rings. The van der Waals surface area contributed by atoms with Crippen molar-refractivity contribution >= 4 is 17.5 Å². The third-order valence-corrected chi connectivity index (χ3v) is 5.70. The van der Waals surface area contributed by atoms with Crippen molar-refractivity contribution in [3.63, 3.8) is 0 Å². The van der Waals surface area contributed by atoms with Gasteiger partial charge < -0.3 is 19.3 Å². The van der Waals surface area contributed by atoms with Crippen LogP contribution < -0.4 is 4.90 Å². The molecular formula is C20H26N2O4. The fourth-order valence-corrected chi connectivity index (χ4v) is 4.15. The molecule has 2 amide bonds. The van der Waals surface area contributed by atoms with Gasteiger partial charge in [0, 0.05) is 37.7 Å². The van der Waals surface area contributed by atoms with Crippen LogP contribution in [0, 0.1) is 18.8 Å². The Morgan fingerprint density at radius 2 is 1.73 bits per heavy atom. The maximum absolute atomic E-state index is 12.9.